The molecule has 18 heavy (non-hydrogen) atoms. The van der Waals surface area contributed by atoms with Crippen LogP contribution in [0.1, 0.15) is 44.2 Å². The number of rotatable bonds is 9. The topological polar surface area (TPSA) is 21.3 Å². The van der Waals surface area contributed by atoms with Crippen molar-refractivity contribution in [3.05, 3.63) is 35.4 Å². The molecular formula is C16H27NO. The summed E-state index contributed by atoms with van der Waals surface area (Å²) in [6.07, 6.45) is 2.19. The first-order valence-electron chi connectivity index (χ1n) is 7.11. The zero-order valence-electron chi connectivity index (χ0n) is 12.0. The van der Waals surface area contributed by atoms with E-state index >= 15 is 0 Å². The van der Waals surface area contributed by atoms with E-state index in [9.17, 15) is 0 Å². The Morgan fingerprint density at radius 2 is 1.78 bits per heavy atom. The summed E-state index contributed by atoms with van der Waals surface area (Å²) < 4.78 is 5.60. The van der Waals surface area contributed by atoms with Crippen LogP contribution >= 0.6 is 0 Å². The maximum Gasteiger partial charge on any atom is 0.0591 e. The van der Waals surface area contributed by atoms with Crippen molar-refractivity contribution in [1.82, 2.24) is 5.32 Å². The molecule has 0 saturated heterocycles. The van der Waals surface area contributed by atoms with E-state index in [4.69, 9.17) is 4.74 Å². The van der Waals surface area contributed by atoms with E-state index in [1.165, 1.54) is 17.5 Å². The Hall–Kier alpha value is -0.860. The maximum absolute atomic E-state index is 5.60. The Balaban J connectivity index is 2.12. The number of benzene rings is 1. The van der Waals surface area contributed by atoms with Gasteiger partial charge in [-0.25, -0.2) is 0 Å². The number of nitrogens with one attached hydrogen (secondary N) is 1. The Morgan fingerprint density at radius 1 is 1.06 bits per heavy atom. The van der Waals surface area contributed by atoms with Crippen LogP contribution in [0.5, 0.6) is 0 Å². The van der Waals surface area contributed by atoms with E-state index in [2.05, 4.69) is 50.4 Å². The average Bonchev–Trinajstić information content (AvgIpc) is 2.38. The fourth-order valence-corrected chi connectivity index (χ4v) is 1.81. The number of ether oxygens (including phenoxy) is 1. The summed E-state index contributed by atoms with van der Waals surface area (Å²) in [5.74, 6) is 0.611. The lowest BCUT2D eigenvalue weighted by atomic mass is 10.0. The van der Waals surface area contributed by atoms with Crippen molar-refractivity contribution < 1.29 is 4.74 Å². The molecule has 0 aromatic heterocycles. The first-order chi connectivity index (χ1) is 8.74. The third-order valence-electron chi connectivity index (χ3n) is 3.03. The third kappa shape index (κ3) is 6.18. The molecule has 1 aromatic rings. The first kappa shape index (κ1) is 15.2. The molecule has 0 spiro atoms. The van der Waals surface area contributed by atoms with Gasteiger partial charge in [0.2, 0.25) is 0 Å². The van der Waals surface area contributed by atoms with Gasteiger partial charge in [0.15, 0.2) is 0 Å². The van der Waals surface area contributed by atoms with Crippen molar-refractivity contribution in [2.45, 2.75) is 39.5 Å². The lowest BCUT2D eigenvalue weighted by Crippen LogP contribution is -2.20. The van der Waals surface area contributed by atoms with Gasteiger partial charge in [-0.3, -0.25) is 0 Å². The van der Waals surface area contributed by atoms with E-state index in [0.717, 1.165) is 32.7 Å². The quantitative estimate of drug-likeness (QED) is 0.678. The predicted octanol–water partition coefficient (Wildman–Crippen LogP) is 3.37. The highest BCUT2D eigenvalue weighted by molar-refractivity contribution is 5.24. The van der Waals surface area contributed by atoms with Crippen molar-refractivity contribution in [3.63, 3.8) is 0 Å². The van der Waals surface area contributed by atoms with E-state index in [1.54, 1.807) is 0 Å². The van der Waals surface area contributed by atoms with Crippen LogP contribution in [0, 0.1) is 0 Å². The Kier molecular flexibility index (Phi) is 7.70. The highest BCUT2D eigenvalue weighted by Crippen LogP contribution is 2.14. The van der Waals surface area contributed by atoms with Gasteiger partial charge < -0.3 is 10.1 Å². The highest BCUT2D eigenvalue weighted by atomic mass is 16.5. The molecule has 2 heteroatoms. The van der Waals surface area contributed by atoms with Crippen molar-refractivity contribution in [1.29, 1.82) is 0 Å². The summed E-state index contributed by atoms with van der Waals surface area (Å²) in [7, 11) is 0. The summed E-state index contributed by atoms with van der Waals surface area (Å²) in [5.41, 5.74) is 2.77. The van der Waals surface area contributed by atoms with Crippen molar-refractivity contribution >= 4 is 0 Å². The standard InChI is InChI=1S/C16H27NO/c1-4-10-17-11-13-18-12-9-15-5-7-16(8-6-15)14(2)3/h5-8,14,17H,4,9-13H2,1-3H3. The minimum atomic E-state index is 0.611. The maximum atomic E-state index is 5.60. The lowest BCUT2D eigenvalue weighted by Gasteiger charge is -2.08. The van der Waals surface area contributed by atoms with Crippen LogP contribution < -0.4 is 5.32 Å². The van der Waals surface area contributed by atoms with Crippen molar-refractivity contribution in [2.24, 2.45) is 0 Å². The molecule has 0 fully saturated rings. The molecule has 0 amide bonds. The minimum Gasteiger partial charge on any atom is -0.380 e. The minimum absolute atomic E-state index is 0.611. The molecule has 1 aromatic carbocycles. The SMILES string of the molecule is CCCNCCOCCc1ccc(C(C)C)cc1. The lowest BCUT2D eigenvalue weighted by molar-refractivity contribution is 0.139. The van der Waals surface area contributed by atoms with E-state index < -0.39 is 0 Å². The van der Waals surface area contributed by atoms with E-state index in [1.807, 2.05) is 0 Å². The second-order valence-electron chi connectivity index (χ2n) is 5.01. The summed E-state index contributed by atoms with van der Waals surface area (Å²) >= 11 is 0. The molecule has 0 aliphatic heterocycles. The molecule has 1 N–H and O–H groups in total. The molecule has 0 atom stereocenters. The largest absolute Gasteiger partial charge is 0.380 e. The van der Waals surface area contributed by atoms with E-state index in [-0.39, 0.29) is 0 Å². The molecular weight excluding hydrogens is 222 g/mol. The van der Waals surface area contributed by atoms with Crippen LogP contribution in [0.3, 0.4) is 0 Å². The second kappa shape index (κ2) is 9.12. The Labute approximate surface area is 112 Å². The molecule has 0 aliphatic carbocycles. The number of hydrogen-bond acceptors (Lipinski definition) is 2. The van der Waals surface area contributed by atoms with Gasteiger partial charge in [0, 0.05) is 6.54 Å². The van der Waals surface area contributed by atoms with Gasteiger partial charge in [0.1, 0.15) is 0 Å². The van der Waals surface area contributed by atoms with Crippen LogP contribution in [-0.4, -0.2) is 26.3 Å². The van der Waals surface area contributed by atoms with Gasteiger partial charge in [0.25, 0.3) is 0 Å². The van der Waals surface area contributed by atoms with Crippen molar-refractivity contribution in [2.75, 3.05) is 26.3 Å². The smallest absolute Gasteiger partial charge is 0.0591 e. The normalized spacial score (nSPS) is 11.1. The van der Waals surface area contributed by atoms with Gasteiger partial charge in [-0.2, -0.15) is 0 Å². The molecule has 0 aliphatic rings. The van der Waals surface area contributed by atoms with Gasteiger partial charge in [-0.05, 0) is 36.4 Å². The predicted molar refractivity (Wildman–Crippen MR) is 78.2 cm³/mol. The fraction of sp³-hybridized carbons (Fsp3) is 0.625. The summed E-state index contributed by atoms with van der Waals surface area (Å²) in [6, 6.07) is 8.88. The third-order valence-corrected chi connectivity index (χ3v) is 3.03. The van der Waals surface area contributed by atoms with E-state index in [0.29, 0.717) is 5.92 Å². The molecule has 1 rings (SSSR count). The van der Waals surface area contributed by atoms with Crippen molar-refractivity contribution in [3.8, 4) is 0 Å². The summed E-state index contributed by atoms with van der Waals surface area (Å²) in [4.78, 5) is 0. The van der Waals surface area contributed by atoms with Gasteiger partial charge in [-0.15, -0.1) is 0 Å². The van der Waals surface area contributed by atoms with Gasteiger partial charge in [0.05, 0.1) is 13.2 Å². The zero-order valence-corrected chi connectivity index (χ0v) is 12.0. The van der Waals surface area contributed by atoms with Gasteiger partial charge in [-0.1, -0.05) is 45.0 Å². The number of hydrogen-bond donors (Lipinski definition) is 1. The van der Waals surface area contributed by atoms with Gasteiger partial charge >= 0.3 is 0 Å². The fourth-order valence-electron chi connectivity index (χ4n) is 1.81. The monoisotopic (exact) mass is 249 g/mol. The second-order valence-corrected chi connectivity index (χ2v) is 5.01. The Bertz CT molecular complexity index is 305. The van der Waals surface area contributed by atoms with Crippen LogP contribution in [0.25, 0.3) is 0 Å². The van der Waals surface area contributed by atoms with Crippen LogP contribution in [-0.2, 0) is 11.2 Å². The molecule has 0 saturated carbocycles. The molecule has 0 bridgehead atoms. The molecule has 102 valence electrons. The summed E-state index contributed by atoms with van der Waals surface area (Å²) in [5, 5.41) is 3.33. The zero-order chi connectivity index (χ0) is 13.2. The van der Waals surface area contributed by atoms with Crippen LogP contribution in [0.2, 0.25) is 0 Å². The van der Waals surface area contributed by atoms with Crippen LogP contribution in [0.4, 0.5) is 0 Å². The summed E-state index contributed by atoms with van der Waals surface area (Å²) in [6.45, 7) is 10.3. The molecule has 0 unspecified atom stereocenters. The first-order valence-corrected chi connectivity index (χ1v) is 7.11. The highest BCUT2D eigenvalue weighted by Gasteiger charge is 1.99. The Morgan fingerprint density at radius 3 is 2.39 bits per heavy atom. The van der Waals surface area contributed by atoms with Crippen LogP contribution in [0.15, 0.2) is 24.3 Å². The average molecular weight is 249 g/mol. The molecule has 0 heterocycles. The molecule has 0 radical (unpaired) electrons. The molecule has 2 nitrogen and oxygen atoms in total.